The van der Waals surface area contributed by atoms with Crippen molar-refractivity contribution < 1.29 is 4.79 Å². The van der Waals surface area contributed by atoms with Gasteiger partial charge in [0, 0.05) is 24.7 Å². The Morgan fingerprint density at radius 3 is 2.80 bits per heavy atom. The second kappa shape index (κ2) is 6.64. The maximum Gasteiger partial charge on any atom is 0.240 e. The van der Waals surface area contributed by atoms with Crippen molar-refractivity contribution in [3.05, 3.63) is 35.9 Å². The van der Waals surface area contributed by atoms with Crippen LogP contribution in [0.2, 0.25) is 0 Å². The zero-order chi connectivity index (χ0) is 13.8. The molecule has 1 amide bonds. The summed E-state index contributed by atoms with van der Waals surface area (Å²) in [5, 5.41) is 3.29. The Kier molecular flexibility index (Phi) is 4.63. The molecule has 0 aromatic heterocycles. The molecular formula is C16H22N2OS. The fourth-order valence-corrected chi connectivity index (χ4v) is 4.08. The molecule has 2 saturated heterocycles. The summed E-state index contributed by atoms with van der Waals surface area (Å²) in [6.07, 6.45) is 3.40. The molecule has 4 heteroatoms. The molecule has 1 aromatic carbocycles. The first-order valence-corrected chi connectivity index (χ1v) is 8.65. The van der Waals surface area contributed by atoms with Gasteiger partial charge in [-0.2, -0.15) is 0 Å². The van der Waals surface area contributed by atoms with E-state index in [-0.39, 0.29) is 6.04 Å². The second-order valence-electron chi connectivity index (χ2n) is 5.64. The van der Waals surface area contributed by atoms with E-state index >= 15 is 0 Å². The number of nitrogens with one attached hydrogen (secondary N) is 1. The van der Waals surface area contributed by atoms with E-state index in [2.05, 4.69) is 40.5 Å². The fourth-order valence-electron chi connectivity index (χ4n) is 3.15. The average Bonchev–Trinajstić information content (AvgIpc) is 2.92. The Labute approximate surface area is 125 Å². The predicted molar refractivity (Wildman–Crippen MR) is 83.9 cm³/mol. The summed E-state index contributed by atoms with van der Waals surface area (Å²) in [5.41, 5.74) is 1.43. The lowest BCUT2D eigenvalue weighted by molar-refractivity contribution is -0.132. The first-order chi connectivity index (χ1) is 9.84. The minimum atomic E-state index is 0.0493. The van der Waals surface area contributed by atoms with E-state index in [0.717, 1.165) is 37.6 Å². The van der Waals surface area contributed by atoms with Gasteiger partial charge in [-0.1, -0.05) is 30.3 Å². The van der Waals surface area contributed by atoms with E-state index in [9.17, 15) is 4.79 Å². The number of carbonyl (C=O) groups excluding carboxylic acids is 1. The number of carbonyl (C=O) groups is 1. The van der Waals surface area contributed by atoms with Gasteiger partial charge in [0.1, 0.15) is 0 Å². The number of rotatable bonds is 2. The fraction of sp³-hybridized carbons (Fsp3) is 0.562. The summed E-state index contributed by atoms with van der Waals surface area (Å²) in [5.74, 6) is 2.76. The van der Waals surface area contributed by atoms with E-state index in [1.807, 2.05) is 11.8 Å². The van der Waals surface area contributed by atoms with Crippen molar-refractivity contribution in [1.82, 2.24) is 10.2 Å². The molecule has 0 bridgehead atoms. The molecule has 2 atom stereocenters. The maximum atomic E-state index is 12.4. The van der Waals surface area contributed by atoms with Crippen molar-refractivity contribution >= 4 is 17.7 Å². The van der Waals surface area contributed by atoms with Crippen LogP contribution in [0, 0.1) is 0 Å². The molecule has 1 aromatic rings. The molecule has 0 unspecified atom stereocenters. The highest BCUT2D eigenvalue weighted by molar-refractivity contribution is 7.99. The largest absolute Gasteiger partial charge is 0.341 e. The summed E-state index contributed by atoms with van der Waals surface area (Å²) in [4.78, 5) is 14.5. The SMILES string of the molecule is O=C([C@@H]1CSCN1)N1CCC[C@@H](c2ccccc2)CC1. The van der Waals surface area contributed by atoms with E-state index in [1.54, 1.807) is 0 Å². The molecule has 2 aliphatic rings. The highest BCUT2D eigenvalue weighted by Gasteiger charge is 2.29. The molecule has 3 nitrogen and oxygen atoms in total. The molecule has 0 radical (unpaired) electrons. The smallest absolute Gasteiger partial charge is 0.240 e. The lowest BCUT2D eigenvalue weighted by Crippen LogP contribution is -2.45. The summed E-state index contributed by atoms with van der Waals surface area (Å²) in [6, 6.07) is 10.8. The standard InChI is InChI=1S/C16H22N2OS/c19-16(15-11-20-12-17-15)18-9-4-7-14(8-10-18)13-5-2-1-3-6-13/h1-3,5-6,14-15,17H,4,7-12H2/t14-,15+/m1/s1. The number of hydrogen-bond acceptors (Lipinski definition) is 3. The molecule has 0 saturated carbocycles. The molecule has 2 aliphatic heterocycles. The summed E-state index contributed by atoms with van der Waals surface area (Å²) < 4.78 is 0. The number of amides is 1. The Morgan fingerprint density at radius 1 is 1.20 bits per heavy atom. The summed E-state index contributed by atoms with van der Waals surface area (Å²) >= 11 is 1.82. The lowest BCUT2D eigenvalue weighted by atomic mass is 9.92. The quantitative estimate of drug-likeness (QED) is 0.908. The van der Waals surface area contributed by atoms with Gasteiger partial charge < -0.3 is 4.90 Å². The van der Waals surface area contributed by atoms with E-state index in [0.29, 0.717) is 11.8 Å². The first-order valence-electron chi connectivity index (χ1n) is 7.49. The second-order valence-corrected chi connectivity index (χ2v) is 6.67. The van der Waals surface area contributed by atoms with E-state index in [4.69, 9.17) is 0 Å². The number of hydrogen-bond donors (Lipinski definition) is 1. The van der Waals surface area contributed by atoms with Crippen LogP contribution in [0.5, 0.6) is 0 Å². The van der Waals surface area contributed by atoms with Gasteiger partial charge in [-0.05, 0) is 30.7 Å². The molecule has 3 rings (SSSR count). The van der Waals surface area contributed by atoms with Gasteiger partial charge in [0.15, 0.2) is 0 Å². The van der Waals surface area contributed by atoms with Crippen LogP contribution in [-0.4, -0.2) is 41.6 Å². The third-order valence-corrected chi connectivity index (χ3v) is 5.26. The van der Waals surface area contributed by atoms with E-state index in [1.165, 1.54) is 12.0 Å². The van der Waals surface area contributed by atoms with Crippen molar-refractivity contribution in [2.75, 3.05) is 24.7 Å². The van der Waals surface area contributed by atoms with Gasteiger partial charge in [0.05, 0.1) is 6.04 Å². The third-order valence-electron chi connectivity index (χ3n) is 4.33. The van der Waals surface area contributed by atoms with Crippen LogP contribution < -0.4 is 5.32 Å². The van der Waals surface area contributed by atoms with Crippen LogP contribution in [0.1, 0.15) is 30.7 Å². The molecule has 108 valence electrons. The highest BCUT2D eigenvalue weighted by atomic mass is 32.2. The molecule has 1 N–H and O–H groups in total. The van der Waals surface area contributed by atoms with Gasteiger partial charge >= 0.3 is 0 Å². The Balaban J connectivity index is 1.60. The van der Waals surface area contributed by atoms with Gasteiger partial charge in [0.25, 0.3) is 0 Å². The van der Waals surface area contributed by atoms with Crippen LogP contribution in [-0.2, 0) is 4.79 Å². The average molecular weight is 290 g/mol. The minimum absolute atomic E-state index is 0.0493. The zero-order valence-electron chi connectivity index (χ0n) is 11.8. The topological polar surface area (TPSA) is 32.3 Å². The molecule has 2 fully saturated rings. The van der Waals surface area contributed by atoms with Gasteiger partial charge in [-0.15, -0.1) is 11.8 Å². The van der Waals surface area contributed by atoms with Crippen LogP contribution in [0.3, 0.4) is 0 Å². The third kappa shape index (κ3) is 3.18. The number of likely N-dealkylation sites (tertiary alicyclic amines) is 1. The van der Waals surface area contributed by atoms with Crippen LogP contribution >= 0.6 is 11.8 Å². The zero-order valence-corrected chi connectivity index (χ0v) is 12.6. The molecular weight excluding hydrogens is 268 g/mol. The number of benzene rings is 1. The number of nitrogens with zero attached hydrogens (tertiary/aromatic N) is 1. The van der Waals surface area contributed by atoms with Crippen molar-refractivity contribution in [1.29, 1.82) is 0 Å². The van der Waals surface area contributed by atoms with Crippen LogP contribution in [0.25, 0.3) is 0 Å². The maximum absolute atomic E-state index is 12.4. The highest BCUT2D eigenvalue weighted by Crippen LogP contribution is 2.28. The monoisotopic (exact) mass is 290 g/mol. The number of thioether (sulfide) groups is 1. The summed E-state index contributed by atoms with van der Waals surface area (Å²) in [7, 11) is 0. The van der Waals surface area contributed by atoms with Gasteiger partial charge in [-0.3, -0.25) is 10.1 Å². The van der Waals surface area contributed by atoms with Crippen LogP contribution in [0.4, 0.5) is 0 Å². The van der Waals surface area contributed by atoms with Crippen molar-refractivity contribution in [2.45, 2.75) is 31.2 Å². The minimum Gasteiger partial charge on any atom is -0.341 e. The van der Waals surface area contributed by atoms with Crippen molar-refractivity contribution in [3.8, 4) is 0 Å². The van der Waals surface area contributed by atoms with E-state index < -0.39 is 0 Å². The molecule has 2 heterocycles. The normalized spacial score (nSPS) is 27.3. The summed E-state index contributed by atoms with van der Waals surface area (Å²) in [6.45, 7) is 1.83. The van der Waals surface area contributed by atoms with Gasteiger partial charge in [0.2, 0.25) is 5.91 Å². The molecule has 20 heavy (non-hydrogen) atoms. The molecule has 0 aliphatic carbocycles. The van der Waals surface area contributed by atoms with Crippen LogP contribution in [0.15, 0.2) is 30.3 Å². The van der Waals surface area contributed by atoms with Crippen molar-refractivity contribution in [2.24, 2.45) is 0 Å². The predicted octanol–water partition coefficient (Wildman–Crippen LogP) is 2.45. The van der Waals surface area contributed by atoms with Crippen molar-refractivity contribution in [3.63, 3.8) is 0 Å². The van der Waals surface area contributed by atoms with Gasteiger partial charge in [-0.25, -0.2) is 0 Å². The molecule has 0 spiro atoms. The lowest BCUT2D eigenvalue weighted by Gasteiger charge is -2.23. The Hall–Kier alpha value is -1.00. The Morgan fingerprint density at radius 2 is 2.05 bits per heavy atom. The first kappa shape index (κ1) is 14.0. The Bertz CT molecular complexity index is 445.